The Hall–Kier alpha value is -2.57. The summed E-state index contributed by atoms with van der Waals surface area (Å²) in [6, 6.07) is 6.44. The highest BCUT2D eigenvalue weighted by Crippen LogP contribution is 2.11. The Morgan fingerprint density at radius 1 is 1.32 bits per heavy atom. The quantitative estimate of drug-likeness (QED) is 0.808. The zero-order valence-electron chi connectivity index (χ0n) is 12.3. The molecule has 0 spiro atoms. The van der Waals surface area contributed by atoms with Gasteiger partial charge in [-0.05, 0) is 31.2 Å². The van der Waals surface area contributed by atoms with Crippen LogP contribution in [0.1, 0.15) is 23.7 Å². The van der Waals surface area contributed by atoms with Crippen molar-refractivity contribution in [3.05, 3.63) is 29.8 Å². The monoisotopic (exact) mass is 306 g/mol. The molecule has 22 heavy (non-hydrogen) atoms. The van der Waals surface area contributed by atoms with Crippen molar-refractivity contribution in [1.29, 1.82) is 0 Å². The van der Waals surface area contributed by atoms with Crippen molar-refractivity contribution in [1.82, 2.24) is 4.90 Å². The van der Waals surface area contributed by atoms with Crippen molar-refractivity contribution < 1.29 is 23.9 Å². The van der Waals surface area contributed by atoms with E-state index >= 15 is 0 Å². The van der Waals surface area contributed by atoms with Gasteiger partial charge in [-0.25, -0.2) is 9.59 Å². The van der Waals surface area contributed by atoms with Crippen LogP contribution < -0.4 is 5.32 Å². The van der Waals surface area contributed by atoms with Crippen LogP contribution in [0.2, 0.25) is 0 Å². The summed E-state index contributed by atoms with van der Waals surface area (Å²) in [6.45, 7) is 3.26. The normalized spacial score (nSPS) is 13.7. The number of ether oxygens (including phenoxy) is 2. The number of rotatable bonds is 6. The third-order valence-electron chi connectivity index (χ3n) is 3.13. The summed E-state index contributed by atoms with van der Waals surface area (Å²) in [6.07, 6.45) is -0.194. The molecular weight excluding hydrogens is 288 g/mol. The van der Waals surface area contributed by atoms with E-state index < -0.39 is 5.97 Å². The van der Waals surface area contributed by atoms with E-state index in [4.69, 9.17) is 9.47 Å². The molecule has 1 aromatic rings. The Morgan fingerprint density at radius 3 is 2.64 bits per heavy atom. The maximum absolute atomic E-state index is 11.8. The standard InChI is InChI=1S/C15H18N2O5/c1-2-21-14(19)11-3-5-12(6-4-11)16-13(18)7-8-17-9-10-22-15(17)20/h3-6H,2,7-10H2,1H3,(H,16,18). The van der Waals surface area contributed by atoms with Crippen molar-refractivity contribution in [2.75, 3.05) is 31.6 Å². The Kier molecular flexibility index (Phi) is 5.35. The first-order valence-electron chi connectivity index (χ1n) is 7.09. The van der Waals surface area contributed by atoms with Gasteiger partial charge in [0.1, 0.15) is 6.61 Å². The number of amides is 2. The summed E-state index contributed by atoms with van der Waals surface area (Å²) in [7, 11) is 0. The second-order valence-corrected chi connectivity index (χ2v) is 4.70. The lowest BCUT2D eigenvalue weighted by molar-refractivity contribution is -0.116. The van der Waals surface area contributed by atoms with Crippen molar-refractivity contribution in [2.24, 2.45) is 0 Å². The topological polar surface area (TPSA) is 84.9 Å². The van der Waals surface area contributed by atoms with Crippen LogP contribution in [0.25, 0.3) is 0 Å². The fourth-order valence-corrected chi connectivity index (χ4v) is 1.99. The van der Waals surface area contributed by atoms with Crippen LogP contribution in [0.3, 0.4) is 0 Å². The molecule has 0 radical (unpaired) electrons. The summed E-state index contributed by atoms with van der Waals surface area (Å²) < 4.78 is 9.66. The Labute approximate surface area is 128 Å². The molecule has 2 amide bonds. The van der Waals surface area contributed by atoms with Crippen molar-refractivity contribution in [2.45, 2.75) is 13.3 Å². The molecule has 1 saturated heterocycles. The number of carbonyl (C=O) groups is 3. The third-order valence-corrected chi connectivity index (χ3v) is 3.13. The molecule has 1 aliphatic heterocycles. The first-order valence-corrected chi connectivity index (χ1v) is 7.09. The zero-order chi connectivity index (χ0) is 15.9. The predicted molar refractivity (Wildman–Crippen MR) is 78.6 cm³/mol. The second-order valence-electron chi connectivity index (χ2n) is 4.70. The van der Waals surface area contributed by atoms with E-state index in [1.165, 1.54) is 4.90 Å². The number of nitrogens with one attached hydrogen (secondary N) is 1. The minimum absolute atomic E-state index is 0.189. The zero-order valence-corrected chi connectivity index (χ0v) is 12.3. The molecule has 118 valence electrons. The van der Waals surface area contributed by atoms with Gasteiger partial charge in [0, 0.05) is 18.7 Å². The first kappa shape index (κ1) is 15.8. The van der Waals surface area contributed by atoms with E-state index in [2.05, 4.69) is 5.32 Å². The molecule has 1 heterocycles. The molecule has 0 aromatic heterocycles. The molecule has 1 fully saturated rings. The molecule has 0 bridgehead atoms. The van der Waals surface area contributed by atoms with Crippen molar-refractivity contribution in [3.8, 4) is 0 Å². The highest BCUT2D eigenvalue weighted by atomic mass is 16.6. The lowest BCUT2D eigenvalue weighted by atomic mass is 10.2. The number of anilines is 1. The highest BCUT2D eigenvalue weighted by Gasteiger charge is 2.22. The van der Waals surface area contributed by atoms with Crippen LogP contribution in [0.4, 0.5) is 10.5 Å². The van der Waals surface area contributed by atoms with Crippen LogP contribution in [0.5, 0.6) is 0 Å². The van der Waals surface area contributed by atoms with Gasteiger partial charge in [0.15, 0.2) is 0 Å². The molecule has 2 rings (SSSR count). The Balaban J connectivity index is 1.81. The number of esters is 1. The third kappa shape index (κ3) is 4.21. The summed E-state index contributed by atoms with van der Waals surface area (Å²) in [4.78, 5) is 36.0. The molecule has 7 nitrogen and oxygen atoms in total. The van der Waals surface area contributed by atoms with Gasteiger partial charge in [0.25, 0.3) is 0 Å². The maximum Gasteiger partial charge on any atom is 0.409 e. The molecular formula is C15H18N2O5. The van der Waals surface area contributed by atoms with E-state index in [1.54, 1.807) is 31.2 Å². The maximum atomic E-state index is 11.8. The minimum atomic E-state index is -0.395. The second kappa shape index (κ2) is 7.44. The van der Waals surface area contributed by atoms with Gasteiger partial charge in [-0.2, -0.15) is 0 Å². The van der Waals surface area contributed by atoms with E-state index in [-0.39, 0.29) is 18.4 Å². The molecule has 0 atom stereocenters. The number of benzene rings is 1. The smallest absolute Gasteiger partial charge is 0.409 e. The Morgan fingerprint density at radius 2 is 2.05 bits per heavy atom. The van der Waals surface area contributed by atoms with Crippen LogP contribution in [-0.2, 0) is 14.3 Å². The van der Waals surface area contributed by atoms with Gasteiger partial charge in [-0.3, -0.25) is 4.79 Å². The minimum Gasteiger partial charge on any atom is -0.462 e. The summed E-state index contributed by atoms with van der Waals surface area (Å²) in [5, 5.41) is 2.71. The van der Waals surface area contributed by atoms with Crippen LogP contribution in [0.15, 0.2) is 24.3 Å². The number of cyclic esters (lactones) is 1. The Bertz CT molecular complexity index is 556. The number of nitrogens with zero attached hydrogens (tertiary/aromatic N) is 1. The average Bonchev–Trinajstić information content (AvgIpc) is 2.91. The molecule has 1 aliphatic rings. The van der Waals surface area contributed by atoms with Gasteiger partial charge in [-0.1, -0.05) is 0 Å². The van der Waals surface area contributed by atoms with E-state index in [9.17, 15) is 14.4 Å². The van der Waals surface area contributed by atoms with Crippen LogP contribution in [0, 0.1) is 0 Å². The van der Waals surface area contributed by atoms with E-state index in [0.717, 1.165) is 0 Å². The summed E-state index contributed by atoms with van der Waals surface area (Å²) in [5.41, 5.74) is 1.02. The predicted octanol–water partition coefficient (Wildman–Crippen LogP) is 1.64. The largest absolute Gasteiger partial charge is 0.462 e. The number of carbonyl (C=O) groups excluding carboxylic acids is 3. The first-order chi connectivity index (χ1) is 10.6. The summed E-state index contributed by atoms with van der Waals surface area (Å²) >= 11 is 0. The average molecular weight is 306 g/mol. The summed E-state index contributed by atoms with van der Waals surface area (Å²) in [5.74, 6) is -0.600. The molecule has 1 N–H and O–H groups in total. The van der Waals surface area contributed by atoms with Gasteiger partial charge in [-0.15, -0.1) is 0 Å². The van der Waals surface area contributed by atoms with Gasteiger partial charge in [0.2, 0.25) is 5.91 Å². The van der Waals surface area contributed by atoms with Gasteiger partial charge in [0.05, 0.1) is 18.7 Å². The molecule has 0 aliphatic carbocycles. The molecule has 0 unspecified atom stereocenters. The van der Waals surface area contributed by atoms with Gasteiger partial charge < -0.3 is 19.7 Å². The SMILES string of the molecule is CCOC(=O)c1ccc(NC(=O)CCN2CCOC2=O)cc1. The number of hydrogen-bond donors (Lipinski definition) is 1. The molecule has 1 aromatic carbocycles. The van der Waals surface area contributed by atoms with Crippen molar-refractivity contribution >= 4 is 23.7 Å². The van der Waals surface area contributed by atoms with Gasteiger partial charge >= 0.3 is 12.1 Å². The fourth-order valence-electron chi connectivity index (χ4n) is 1.99. The van der Waals surface area contributed by atoms with Crippen molar-refractivity contribution in [3.63, 3.8) is 0 Å². The van der Waals surface area contributed by atoms with E-state index in [0.29, 0.717) is 37.6 Å². The van der Waals surface area contributed by atoms with Crippen LogP contribution >= 0.6 is 0 Å². The fraction of sp³-hybridized carbons (Fsp3) is 0.400. The highest BCUT2D eigenvalue weighted by molar-refractivity contribution is 5.93. The lowest BCUT2D eigenvalue weighted by Crippen LogP contribution is -2.28. The number of hydrogen-bond acceptors (Lipinski definition) is 5. The van der Waals surface area contributed by atoms with Crippen LogP contribution in [-0.4, -0.2) is 49.2 Å². The molecule has 0 saturated carbocycles. The van der Waals surface area contributed by atoms with E-state index in [1.807, 2.05) is 0 Å². The lowest BCUT2D eigenvalue weighted by Gasteiger charge is -2.12. The molecule has 7 heteroatoms.